The van der Waals surface area contributed by atoms with Gasteiger partial charge in [-0.25, -0.2) is 0 Å². The number of benzene rings is 1. The summed E-state index contributed by atoms with van der Waals surface area (Å²) in [7, 11) is 0. The van der Waals surface area contributed by atoms with Gasteiger partial charge in [-0.15, -0.1) is 0 Å². The van der Waals surface area contributed by atoms with Crippen molar-refractivity contribution in [3.05, 3.63) is 35.9 Å². The van der Waals surface area contributed by atoms with Gasteiger partial charge in [0.15, 0.2) is 0 Å². The molecule has 86 valence electrons. The molecule has 2 aliphatic rings. The van der Waals surface area contributed by atoms with Crippen molar-refractivity contribution in [2.45, 2.75) is 38.6 Å². The maximum absolute atomic E-state index is 3.66. The fourth-order valence-electron chi connectivity index (χ4n) is 3.63. The second-order valence-electron chi connectivity index (χ2n) is 5.74. The van der Waals surface area contributed by atoms with Crippen molar-refractivity contribution >= 4 is 0 Å². The topological polar surface area (TPSA) is 12.0 Å². The summed E-state index contributed by atoms with van der Waals surface area (Å²) in [6.07, 6.45) is 7.42. The molecule has 0 radical (unpaired) electrons. The van der Waals surface area contributed by atoms with Crippen molar-refractivity contribution in [1.29, 1.82) is 0 Å². The molecular formula is C15H21N. The summed E-state index contributed by atoms with van der Waals surface area (Å²) in [5, 5.41) is 3.66. The van der Waals surface area contributed by atoms with Crippen LogP contribution in [0.5, 0.6) is 0 Å². The van der Waals surface area contributed by atoms with Gasteiger partial charge < -0.3 is 5.32 Å². The zero-order valence-electron chi connectivity index (χ0n) is 9.91. The van der Waals surface area contributed by atoms with E-state index in [1.54, 1.807) is 0 Å². The molecule has 0 aromatic heterocycles. The monoisotopic (exact) mass is 215 g/mol. The van der Waals surface area contributed by atoms with Crippen LogP contribution in [0, 0.1) is 11.3 Å². The summed E-state index contributed by atoms with van der Waals surface area (Å²) >= 11 is 0. The molecule has 0 saturated heterocycles. The van der Waals surface area contributed by atoms with Gasteiger partial charge in [0.1, 0.15) is 0 Å². The van der Waals surface area contributed by atoms with Crippen molar-refractivity contribution < 1.29 is 0 Å². The minimum Gasteiger partial charge on any atom is -0.312 e. The highest BCUT2D eigenvalue weighted by Crippen LogP contribution is 2.53. The highest BCUT2D eigenvalue weighted by molar-refractivity contribution is 5.14. The third-order valence-electron chi connectivity index (χ3n) is 4.56. The Morgan fingerprint density at radius 2 is 1.88 bits per heavy atom. The van der Waals surface area contributed by atoms with Crippen LogP contribution in [0.4, 0.5) is 0 Å². The van der Waals surface area contributed by atoms with Gasteiger partial charge in [-0.2, -0.15) is 0 Å². The molecule has 2 aliphatic carbocycles. The molecule has 0 unspecified atom stereocenters. The maximum atomic E-state index is 3.66. The van der Waals surface area contributed by atoms with Crippen LogP contribution in [-0.4, -0.2) is 6.54 Å². The Labute approximate surface area is 98.3 Å². The Hall–Kier alpha value is -0.820. The molecule has 16 heavy (non-hydrogen) atoms. The number of rotatable bonds is 4. The Bertz CT molecular complexity index is 336. The zero-order chi connectivity index (χ0) is 10.8. The van der Waals surface area contributed by atoms with Crippen LogP contribution in [-0.2, 0) is 6.54 Å². The smallest absolute Gasteiger partial charge is 0.0205 e. The van der Waals surface area contributed by atoms with E-state index in [9.17, 15) is 0 Å². The maximum Gasteiger partial charge on any atom is 0.0205 e. The predicted molar refractivity (Wildman–Crippen MR) is 67.2 cm³/mol. The van der Waals surface area contributed by atoms with Crippen LogP contribution < -0.4 is 5.32 Å². The standard InChI is InChI=1S/C15H21N/c1-2-4-14(5-3-1)11-16-12-15-8-6-13(10-15)7-9-15/h1-5,13,16H,6-12H2. The van der Waals surface area contributed by atoms with E-state index in [0.717, 1.165) is 12.5 Å². The van der Waals surface area contributed by atoms with Crippen LogP contribution in [0.1, 0.15) is 37.7 Å². The summed E-state index contributed by atoms with van der Waals surface area (Å²) in [6.45, 7) is 2.27. The molecule has 0 aliphatic heterocycles. The molecule has 3 rings (SSSR count). The zero-order valence-corrected chi connectivity index (χ0v) is 9.91. The molecule has 0 spiro atoms. The lowest BCUT2D eigenvalue weighted by molar-refractivity contribution is 0.278. The molecule has 1 N–H and O–H groups in total. The van der Waals surface area contributed by atoms with Crippen LogP contribution in [0.2, 0.25) is 0 Å². The highest BCUT2D eigenvalue weighted by Gasteiger charge is 2.44. The van der Waals surface area contributed by atoms with Crippen molar-refractivity contribution in [2.24, 2.45) is 11.3 Å². The minimum absolute atomic E-state index is 0.680. The van der Waals surface area contributed by atoms with E-state index in [4.69, 9.17) is 0 Å². The van der Waals surface area contributed by atoms with Gasteiger partial charge in [-0.3, -0.25) is 0 Å². The number of hydrogen-bond donors (Lipinski definition) is 1. The highest BCUT2D eigenvalue weighted by atomic mass is 14.9. The molecule has 1 aromatic rings. The summed E-state index contributed by atoms with van der Waals surface area (Å²) in [5.74, 6) is 1.07. The van der Waals surface area contributed by atoms with Crippen molar-refractivity contribution in [2.75, 3.05) is 6.54 Å². The largest absolute Gasteiger partial charge is 0.312 e. The van der Waals surface area contributed by atoms with Gasteiger partial charge in [0.05, 0.1) is 0 Å². The average molecular weight is 215 g/mol. The Morgan fingerprint density at radius 3 is 2.50 bits per heavy atom. The van der Waals surface area contributed by atoms with Gasteiger partial charge in [0.2, 0.25) is 0 Å². The molecular weight excluding hydrogens is 194 g/mol. The quantitative estimate of drug-likeness (QED) is 0.812. The summed E-state index contributed by atoms with van der Waals surface area (Å²) in [4.78, 5) is 0. The van der Waals surface area contributed by atoms with E-state index in [1.807, 2.05) is 0 Å². The first-order chi connectivity index (χ1) is 7.86. The number of nitrogens with one attached hydrogen (secondary N) is 1. The lowest BCUT2D eigenvalue weighted by atomic mass is 9.84. The van der Waals surface area contributed by atoms with E-state index in [1.165, 1.54) is 44.2 Å². The first-order valence-electron chi connectivity index (χ1n) is 6.61. The minimum atomic E-state index is 0.680. The molecule has 0 heterocycles. The fraction of sp³-hybridized carbons (Fsp3) is 0.600. The SMILES string of the molecule is c1ccc(CNCC23CCC(CC2)C3)cc1. The number of hydrogen-bond acceptors (Lipinski definition) is 1. The molecule has 1 heteroatoms. The molecule has 1 nitrogen and oxygen atoms in total. The third-order valence-corrected chi connectivity index (χ3v) is 4.56. The molecule has 2 bridgehead atoms. The normalized spacial score (nSPS) is 32.1. The first kappa shape index (κ1) is 10.3. The van der Waals surface area contributed by atoms with Crippen LogP contribution in [0.25, 0.3) is 0 Å². The van der Waals surface area contributed by atoms with Gasteiger partial charge in [-0.05, 0) is 49.0 Å². The van der Waals surface area contributed by atoms with Crippen molar-refractivity contribution in [3.63, 3.8) is 0 Å². The molecule has 2 fully saturated rings. The van der Waals surface area contributed by atoms with E-state index < -0.39 is 0 Å². The third kappa shape index (κ3) is 2.01. The molecule has 2 saturated carbocycles. The van der Waals surface area contributed by atoms with E-state index in [2.05, 4.69) is 35.6 Å². The van der Waals surface area contributed by atoms with E-state index in [0.29, 0.717) is 5.41 Å². The van der Waals surface area contributed by atoms with Gasteiger partial charge in [0.25, 0.3) is 0 Å². The van der Waals surface area contributed by atoms with Gasteiger partial charge >= 0.3 is 0 Å². The Balaban J connectivity index is 1.50. The van der Waals surface area contributed by atoms with E-state index >= 15 is 0 Å². The van der Waals surface area contributed by atoms with E-state index in [-0.39, 0.29) is 0 Å². The number of fused-ring (bicyclic) bond motifs is 2. The Morgan fingerprint density at radius 1 is 1.12 bits per heavy atom. The molecule has 0 amide bonds. The van der Waals surface area contributed by atoms with Crippen LogP contribution in [0.3, 0.4) is 0 Å². The lowest BCUT2D eigenvalue weighted by Gasteiger charge is -2.26. The van der Waals surface area contributed by atoms with Gasteiger partial charge in [-0.1, -0.05) is 30.3 Å². The predicted octanol–water partition coefficient (Wildman–Crippen LogP) is 3.36. The summed E-state index contributed by atoms with van der Waals surface area (Å²) in [5.41, 5.74) is 2.09. The second-order valence-corrected chi connectivity index (χ2v) is 5.74. The lowest BCUT2D eigenvalue weighted by Crippen LogP contribution is -2.30. The van der Waals surface area contributed by atoms with Crippen LogP contribution in [0.15, 0.2) is 30.3 Å². The van der Waals surface area contributed by atoms with Gasteiger partial charge in [0, 0.05) is 13.1 Å². The molecule has 1 aromatic carbocycles. The average Bonchev–Trinajstić information content (AvgIpc) is 2.91. The fourth-order valence-corrected chi connectivity index (χ4v) is 3.63. The van der Waals surface area contributed by atoms with Crippen molar-refractivity contribution in [3.8, 4) is 0 Å². The van der Waals surface area contributed by atoms with Crippen LogP contribution >= 0.6 is 0 Å². The summed E-state index contributed by atoms with van der Waals surface area (Å²) < 4.78 is 0. The first-order valence-corrected chi connectivity index (χ1v) is 6.61. The second kappa shape index (κ2) is 4.21. The summed E-state index contributed by atoms with van der Waals surface area (Å²) in [6, 6.07) is 10.7. The molecule has 0 atom stereocenters. The Kier molecular flexibility index (Phi) is 2.72. The van der Waals surface area contributed by atoms with Crippen molar-refractivity contribution in [1.82, 2.24) is 5.32 Å².